The first-order chi connectivity index (χ1) is 8.13. The summed E-state index contributed by atoms with van der Waals surface area (Å²) in [4.78, 5) is 11.8. The zero-order valence-corrected chi connectivity index (χ0v) is 12.0. The number of esters is 1. The lowest BCUT2D eigenvalue weighted by molar-refractivity contribution is -0.143. The number of ether oxygens (including phenoxy) is 1. The molecular formula is C13H25FO2S. The van der Waals surface area contributed by atoms with E-state index in [-0.39, 0.29) is 23.8 Å². The highest BCUT2D eigenvalue weighted by Crippen LogP contribution is 2.22. The molecule has 17 heavy (non-hydrogen) atoms. The van der Waals surface area contributed by atoms with E-state index in [1.54, 1.807) is 11.8 Å². The van der Waals surface area contributed by atoms with Crippen LogP contribution in [0.5, 0.6) is 0 Å². The number of rotatable bonds is 10. The quantitative estimate of drug-likeness (QED) is 0.443. The van der Waals surface area contributed by atoms with E-state index in [0.29, 0.717) is 13.0 Å². The Labute approximate surface area is 109 Å². The van der Waals surface area contributed by atoms with Gasteiger partial charge in [-0.1, -0.05) is 27.2 Å². The van der Waals surface area contributed by atoms with Crippen molar-refractivity contribution in [3.05, 3.63) is 0 Å². The van der Waals surface area contributed by atoms with Crippen LogP contribution in [-0.4, -0.2) is 30.3 Å². The van der Waals surface area contributed by atoms with Crippen molar-refractivity contribution in [2.45, 2.75) is 51.7 Å². The number of carbonyl (C=O) groups is 1. The molecular weight excluding hydrogens is 239 g/mol. The Hall–Kier alpha value is -0.250. The third kappa shape index (κ3) is 8.47. The molecule has 0 aliphatic rings. The minimum absolute atomic E-state index is 0.0769. The standard InChI is InChI=1S/C13H25FO2S/c1-4-9-16-13(15)12(11(2)3)17-10-7-5-6-8-14/h11-12H,4-10H2,1-3H3. The van der Waals surface area contributed by atoms with Gasteiger partial charge in [0, 0.05) is 0 Å². The summed E-state index contributed by atoms with van der Waals surface area (Å²) in [6.07, 6.45) is 3.36. The molecule has 102 valence electrons. The zero-order chi connectivity index (χ0) is 13.1. The van der Waals surface area contributed by atoms with Gasteiger partial charge in [0.1, 0.15) is 5.25 Å². The number of halogens is 1. The predicted octanol–water partition coefficient (Wildman–Crippen LogP) is 3.84. The molecule has 0 spiro atoms. The largest absolute Gasteiger partial charge is 0.465 e. The van der Waals surface area contributed by atoms with E-state index in [4.69, 9.17) is 4.74 Å². The van der Waals surface area contributed by atoms with Gasteiger partial charge in [-0.25, -0.2) is 0 Å². The summed E-state index contributed by atoms with van der Waals surface area (Å²) in [5, 5.41) is -0.0769. The average molecular weight is 264 g/mol. The first-order valence-corrected chi connectivity index (χ1v) is 7.52. The Morgan fingerprint density at radius 1 is 1.29 bits per heavy atom. The molecule has 0 radical (unpaired) electrons. The van der Waals surface area contributed by atoms with E-state index in [9.17, 15) is 9.18 Å². The Morgan fingerprint density at radius 3 is 2.53 bits per heavy atom. The normalized spacial score (nSPS) is 12.8. The van der Waals surface area contributed by atoms with E-state index in [1.807, 2.05) is 20.8 Å². The predicted molar refractivity (Wildman–Crippen MR) is 72.2 cm³/mol. The summed E-state index contributed by atoms with van der Waals surface area (Å²) >= 11 is 1.64. The molecule has 0 saturated carbocycles. The highest BCUT2D eigenvalue weighted by atomic mass is 32.2. The van der Waals surface area contributed by atoms with Crippen LogP contribution in [0, 0.1) is 5.92 Å². The molecule has 0 aliphatic carbocycles. The second-order valence-electron chi connectivity index (χ2n) is 4.45. The highest BCUT2D eigenvalue weighted by Gasteiger charge is 2.23. The number of alkyl halides is 1. The van der Waals surface area contributed by atoms with E-state index in [0.717, 1.165) is 25.0 Å². The maximum Gasteiger partial charge on any atom is 0.319 e. The van der Waals surface area contributed by atoms with Crippen molar-refractivity contribution in [3.63, 3.8) is 0 Å². The van der Waals surface area contributed by atoms with Crippen LogP contribution in [0.4, 0.5) is 4.39 Å². The number of unbranched alkanes of at least 4 members (excludes halogenated alkanes) is 2. The maximum absolute atomic E-state index is 11.9. The first-order valence-electron chi connectivity index (χ1n) is 6.47. The second kappa shape index (κ2) is 10.9. The Bertz CT molecular complexity index is 198. The minimum atomic E-state index is -0.239. The van der Waals surface area contributed by atoms with Crippen LogP contribution in [0.25, 0.3) is 0 Å². The molecule has 0 amide bonds. The zero-order valence-electron chi connectivity index (χ0n) is 11.2. The van der Waals surface area contributed by atoms with Gasteiger partial charge in [0.05, 0.1) is 13.3 Å². The summed E-state index contributed by atoms with van der Waals surface area (Å²) in [5.74, 6) is 1.09. The molecule has 0 aromatic heterocycles. The molecule has 2 nitrogen and oxygen atoms in total. The van der Waals surface area contributed by atoms with E-state index < -0.39 is 0 Å². The van der Waals surface area contributed by atoms with Gasteiger partial charge in [0.2, 0.25) is 0 Å². The van der Waals surface area contributed by atoms with Crippen LogP contribution in [0.3, 0.4) is 0 Å². The molecule has 0 N–H and O–H groups in total. The van der Waals surface area contributed by atoms with Crippen molar-refractivity contribution in [1.29, 1.82) is 0 Å². The van der Waals surface area contributed by atoms with E-state index >= 15 is 0 Å². The van der Waals surface area contributed by atoms with E-state index in [1.165, 1.54) is 0 Å². The minimum Gasteiger partial charge on any atom is -0.465 e. The SMILES string of the molecule is CCCOC(=O)C(SCCCCCF)C(C)C. The lowest BCUT2D eigenvalue weighted by Crippen LogP contribution is -2.26. The van der Waals surface area contributed by atoms with Gasteiger partial charge in [-0.2, -0.15) is 0 Å². The van der Waals surface area contributed by atoms with Crippen LogP contribution in [0.2, 0.25) is 0 Å². The molecule has 1 unspecified atom stereocenters. The molecule has 1 atom stereocenters. The summed E-state index contributed by atoms with van der Waals surface area (Å²) in [7, 11) is 0. The van der Waals surface area contributed by atoms with Crippen molar-refractivity contribution in [2.24, 2.45) is 5.92 Å². The van der Waals surface area contributed by atoms with Crippen LogP contribution < -0.4 is 0 Å². The molecule has 0 rings (SSSR count). The van der Waals surface area contributed by atoms with Crippen LogP contribution in [0.15, 0.2) is 0 Å². The molecule has 0 aromatic rings. The molecule has 0 bridgehead atoms. The fourth-order valence-electron chi connectivity index (χ4n) is 1.40. The molecule has 0 aromatic carbocycles. The lowest BCUT2D eigenvalue weighted by atomic mass is 10.1. The monoisotopic (exact) mass is 264 g/mol. The molecule has 4 heteroatoms. The number of carbonyl (C=O) groups excluding carboxylic acids is 1. The third-order valence-electron chi connectivity index (χ3n) is 2.36. The Kier molecular flexibility index (Phi) is 10.7. The van der Waals surface area contributed by atoms with Gasteiger partial charge in [-0.15, -0.1) is 11.8 Å². The maximum atomic E-state index is 11.9. The Morgan fingerprint density at radius 2 is 2.00 bits per heavy atom. The summed E-state index contributed by atoms with van der Waals surface area (Å²) < 4.78 is 17.1. The third-order valence-corrected chi connectivity index (χ3v) is 3.98. The fourth-order valence-corrected chi connectivity index (χ4v) is 2.61. The van der Waals surface area contributed by atoms with Crippen molar-refractivity contribution in [2.75, 3.05) is 19.0 Å². The first kappa shape index (κ1) is 16.8. The molecule has 0 fully saturated rings. The van der Waals surface area contributed by atoms with Crippen molar-refractivity contribution < 1.29 is 13.9 Å². The van der Waals surface area contributed by atoms with Crippen molar-refractivity contribution in [1.82, 2.24) is 0 Å². The van der Waals surface area contributed by atoms with Gasteiger partial charge < -0.3 is 4.74 Å². The summed E-state index contributed by atoms with van der Waals surface area (Å²) in [6, 6.07) is 0. The van der Waals surface area contributed by atoms with Crippen LogP contribution >= 0.6 is 11.8 Å². The lowest BCUT2D eigenvalue weighted by Gasteiger charge is -2.18. The Balaban J connectivity index is 3.85. The van der Waals surface area contributed by atoms with Gasteiger partial charge in [-0.05, 0) is 30.9 Å². The van der Waals surface area contributed by atoms with Crippen LogP contribution in [0.1, 0.15) is 46.5 Å². The number of thioether (sulfide) groups is 1. The second-order valence-corrected chi connectivity index (χ2v) is 5.70. The highest BCUT2D eigenvalue weighted by molar-refractivity contribution is 8.00. The van der Waals surface area contributed by atoms with Crippen LogP contribution in [-0.2, 0) is 9.53 Å². The van der Waals surface area contributed by atoms with Gasteiger partial charge in [0.25, 0.3) is 0 Å². The number of hydrogen-bond acceptors (Lipinski definition) is 3. The molecule has 0 saturated heterocycles. The topological polar surface area (TPSA) is 26.3 Å². The summed E-state index contributed by atoms with van der Waals surface area (Å²) in [5.41, 5.74) is 0. The van der Waals surface area contributed by atoms with E-state index in [2.05, 4.69) is 0 Å². The van der Waals surface area contributed by atoms with Crippen molar-refractivity contribution >= 4 is 17.7 Å². The smallest absolute Gasteiger partial charge is 0.319 e. The average Bonchev–Trinajstić information content (AvgIpc) is 2.30. The van der Waals surface area contributed by atoms with Gasteiger partial charge in [0.15, 0.2) is 0 Å². The summed E-state index contributed by atoms with van der Waals surface area (Å²) in [6.45, 7) is 6.32. The van der Waals surface area contributed by atoms with Crippen molar-refractivity contribution in [3.8, 4) is 0 Å². The number of hydrogen-bond donors (Lipinski definition) is 0. The van der Waals surface area contributed by atoms with Gasteiger partial charge in [-0.3, -0.25) is 9.18 Å². The fraction of sp³-hybridized carbons (Fsp3) is 0.923. The van der Waals surface area contributed by atoms with Gasteiger partial charge >= 0.3 is 5.97 Å². The molecule has 0 heterocycles. The molecule has 0 aliphatic heterocycles.